The van der Waals surface area contributed by atoms with E-state index in [-0.39, 0.29) is 5.91 Å². The van der Waals surface area contributed by atoms with Crippen LogP contribution in [0.3, 0.4) is 0 Å². The quantitative estimate of drug-likeness (QED) is 0.684. The summed E-state index contributed by atoms with van der Waals surface area (Å²) in [5.41, 5.74) is 8.09. The van der Waals surface area contributed by atoms with E-state index in [4.69, 9.17) is 5.73 Å². The number of hydrogen-bond donors (Lipinski definition) is 1. The first kappa shape index (κ1) is 14.9. The van der Waals surface area contributed by atoms with Crippen LogP contribution >= 0.6 is 0 Å². The summed E-state index contributed by atoms with van der Waals surface area (Å²) in [7, 11) is 2.00. The van der Waals surface area contributed by atoms with Crippen molar-refractivity contribution < 1.29 is 4.79 Å². The second kappa shape index (κ2) is 6.38. The van der Waals surface area contributed by atoms with Gasteiger partial charge in [0.15, 0.2) is 5.96 Å². The number of piperidine rings is 1. The number of anilines is 1. The van der Waals surface area contributed by atoms with E-state index in [9.17, 15) is 4.79 Å². The average molecular weight is 300 g/mol. The van der Waals surface area contributed by atoms with Gasteiger partial charge >= 0.3 is 0 Å². The fourth-order valence-electron chi connectivity index (χ4n) is 2.79. The highest BCUT2D eigenvalue weighted by molar-refractivity contribution is 5.93. The number of guanidine groups is 1. The van der Waals surface area contributed by atoms with Crippen LogP contribution in [0.15, 0.2) is 29.3 Å². The van der Waals surface area contributed by atoms with E-state index in [1.54, 1.807) is 0 Å². The molecule has 5 nitrogen and oxygen atoms in total. The number of benzene rings is 1. The zero-order chi connectivity index (χ0) is 15.5. The Morgan fingerprint density at radius 1 is 1.32 bits per heavy atom. The van der Waals surface area contributed by atoms with Crippen LogP contribution in [0.2, 0.25) is 0 Å². The maximum absolute atomic E-state index is 11.9. The van der Waals surface area contributed by atoms with Crippen LogP contribution in [0.5, 0.6) is 0 Å². The van der Waals surface area contributed by atoms with E-state index in [0.717, 1.165) is 30.6 Å². The van der Waals surface area contributed by atoms with Gasteiger partial charge in [-0.15, -0.1) is 0 Å². The predicted molar refractivity (Wildman–Crippen MR) is 88.8 cm³/mol. The highest BCUT2D eigenvalue weighted by Gasteiger charge is 2.27. The minimum atomic E-state index is 0.229. The smallest absolute Gasteiger partial charge is 0.226 e. The lowest BCUT2D eigenvalue weighted by atomic mass is 10.1. The van der Waals surface area contributed by atoms with Gasteiger partial charge in [0.1, 0.15) is 0 Å². The van der Waals surface area contributed by atoms with Crippen molar-refractivity contribution in [3.8, 4) is 0 Å². The van der Waals surface area contributed by atoms with Crippen molar-refractivity contribution in [1.82, 2.24) is 4.90 Å². The summed E-state index contributed by atoms with van der Waals surface area (Å²) in [5.74, 6) is 0.838. The first-order valence-corrected chi connectivity index (χ1v) is 8.07. The summed E-state index contributed by atoms with van der Waals surface area (Å²) < 4.78 is 0. The lowest BCUT2D eigenvalue weighted by Crippen LogP contribution is -2.35. The van der Waals surface area contributed by atoms with Crippen molar-refractivity contribution >= 4 is 17.6 Å². The second-order valence-electron chi connectivity index (χ2n) is 6.19. The molecule has 0 spiro atoms. The fourth-order valence-corrected chi connectivity index (χ4v) is 2.79. The van der Waals surface area contributed by atoms with Crippen molar-refractivity contribution in [2.45, 2.75) is 44.7 Å². The molecule has 1 saturated heterocycles. The molecule has 1 heterocycles. The number of rotatable bonds is 4. The van der Waals surface area contributed by atoms with Crippen molar-refractivity contribution in [3.63, 3.8) is 0 Å². The van der Waals surface area contributed by atoms with Gasteiger partial charge in [-0.25, -0.2) is 4.99 Å². The molecule has 0 bridgehead atoms. The molecule has 1 amide bonds. The van der Waals surface area contributed by atoms with Crippen LogP contribution in [-0.2, 0) is 11.3 Å². The van der Waals surface area contributed by atoms with Crippen molar-refractivity contribution in [1.29, 1.82) is 0 Å². The highest BCUT2D eigenvalue weighted by Crippen LogP contribution is 2.25. The van der Waals surface area contributed by atoms with Crippen molar-refractivity contribution in [2.75, 3.05) is 18.5 Å². The molecule has 2 fully saturated rings. The first-order chi connectivity index (χ1) is 10.6. The van der Waals surface area contributed by atoms with E-state index in [1.165, 1.54) is 12.8 Å². The molecular formula is C17H24N4O. The van der Waals surface area contributed by atoms with Crippen molar-refractivity contribution in [3.05, 3.63) is 29.8 Å². The summed E-state index contributed by atoms with van der Waals surface area (Å²) in [6.07, 6.45) is 5.18. The van der Waals surface area contributed by atoms with Gasteiger partial charge in [0.05, 0.1) is 6.54 Å². The number of nitrogens with two attached hydrogens (primary N) is 1. The lowest BCUT2D eigenvalue weighted by molar-refractivity contribution is -0.119. The minimum Gasteiger partial charge on any atom is -0.370 e. The summed E-state index contributed by atoms with van der Waals surface area (Å²) in [6, 6.07) is 8.66. The molecule has 1 aliphatic carbocycles. The molecule has 2 N–H and O–H groups in total. The maximum atomic E-state index is 11.9. The van der Waals surface area contributed by atoms with Gasteiger partial charge in [-0.2, -0.15) is 0 Å². The van der Waals surface area contributed by atoms with E-state index in [1.807, 2.05) is 36.2 Å². The van der Waals surface area contributed by atoms with E-state index >= 15 is 0 Å². The third kappa shape index (κ3) is 3.40. The van der Waals surface area contributed by atoms with Gasteiger partial charge < -0.3 is 15.5 Å². The third-order valence-electron chi connectivity index (χ3n) is 4.45. The molecule has 118 valence electrons. The van der Waals surface area contributed by atoms with Crippen LogP contribution in [0, 0.1) is 0 Å². The minimum absolute atomic E-state index is 0.229. The molecule has 0 aromatic heterocycles. The molecule has 1 saturated carbocycles. The maximum Gasteiger partial charge on any atom is 0.226 e. The van der Waals surface area contributed by atoms with Gasteiger partial charge in [-0.3, -0.25) is 4.79 Å². The molecule has 2 aliphatic rings. The molecule has 1 aromatic rings. The zero-order valence-electron chi connectivity index (χ0n) is 13.2. The van der Waals surface area contributed by atoms with E-state index in [2.05, 4.69) is 9.89 Å². The summed E-state index contributed by atoms with van der Waals surface area (Å²) in [5, 5.41) is 0. The number of carbonyl (C=O) groups excluding carboxylic acids is 1. The Labute approximate surface area is 131 Å². The Morgan fingerprint density at radius 2 is 2.05 bits per heavy atom. The van der Waals surface area contributed by atoms with Gasteiger partial charge in [0.2, 0.25) is 5.91 Å². The monoisotopic (exact) mass is 300 g/mol. The van der Waals surface area contributed by atoms with Crippen LogP contribution in [0.1, 0.15) is 37.7 Å². The molecule has 5 heteroatoms. The SMILES string of the molecule is CN(C(N)=NCc1ccc(N2CCCCC2=O)cc1)C1CC1. The Morgan fingerprint density at radius 3 is 2.68 bits per heavy atom. The van der Waals surface area contributed by atoms with Crippen molar-refractivity contribution in [2.24, 2.45) is 10.7 Å². The van der Waals surface area contributed by atoms with Gasteiger partial charge in [0.25, 0.3) is 0 Å². The Balaban J connectivity index is 1.61. The third-order valence-corrected chi connectivity index (χ3v) is 4.45. The number of carbonyl (C=O) groups is 1. The number of nitrogens with zero attached hydrogens (tertiary/aromatic N) is 3. The molecule has 0 radical (unpaired) electrons. The first-order valence-electron chi connectivity index (χ1n) is 8.07. The van der Waals surface area contributed by atoms with Crippen LogP contribution in [0.4, 0.5) is 5.69 Å². The molecular weight excluding hydrogens is 276 g/mol. The standard InChI is InChI=1S/C17H24N4O/c1-20(14-9-10-14)17(18)19-12-13-5-7-15(8-6-13)21-11-3-2-4-16(21)22/h5-8,14H,2-4,9-12H2,1H3,(H2,18,19). The van der Waals surface area contributed by atoms with Crippen LogP contribution in [-0.4, -0.2) is 36.4 Å². The lowest BCUT2D eigenvalue weighted by Gasteiger charge is -2.26. The number of aliphatic imine (C=N–C) groups is 1. The average Bonchev–Trinajstić information content (AvgIpc) is 3.38. The van der Waals surface area contributed by atoms with Gasteiger partial charge in [-0.05, 0) is 43.4 Å². The highest BCUT2D eigenvalue weighted by atomic mass is 16.2. The predicted octanol–water partition coefficient (Wildman–Crippen LogP) is 2.11. The number of amides is 1. The Kier molecular flexibility index (Phi) is 4.32. The largest absolute Gasteiger partial charge is 0.370 e. The summed E-state index contributed by atoms with van der Waals surface area (Å²) >= 11 is 0. The molecule has 3 rings (SSSR count). The summed E-state index contributed by atoms with van der Waals surface area (Å²) in [4.78, 5) is 20.3. The van der Waals surface area contributed by atoms with E-state index in [0.29, 0.717) is 25.0 Å². The Hall–Kier alpha value is -2.04. The van der Waals surface area contributed by atoms with Crippen LogP contribution < -0.4 is 10.6 Å². The fraction of sp³-hybridized carbons (Fsp3) is 0.529. The van der Waals surface area contributed by atoms with E-state index < -0.39 is 0 Å². The zero-order valence-corrected chi connectivity index (χ0v) is 13.2. The van der Waals surface area contributed by atoms with Gasteiger partial charge in [0, 0.05) is 31.7 Å². The normalized spacial score (nSPS) is 19.4. The Bertz CT molecular complexity index is 563. The molecule has 0 atom stereocenters. The summed E-state index contributed by atoms with van der Waals surface area (Å²) in [6.45, 7) is 1.41. The van der Waals surface area contributed by atoms with Crippen LogP contribution in [0.25, 0.3) is 0 Å². The molecule has 22 heavy (non-hydrogen) atoms. The second-order valence-corrected chi connectivity index (χ2v) is 6.19. The van der Waals surface area contributed by atoms with Gasteiger partial charge in [-0.1, -0.05) is 12.1 Å². The number of hydrogen-bond acceptors (Lipinski definition) is 2. The topological polar surface area (TPSA) is 61.9 Å². The molecule has 1 aromatic carbocycles. The molecule has 1 aliphatic heterocycles. The molecule has 0 unspecified atom stereocenters.